The van der Waals surface area contributed by atoms with Gasteiger partial charge in [-0.1, -0.05) is 18.2 Å². The standard InChI is InChI=1S/C21H21NO4/c1-13-3-5-17-16(12-26-21(17)14(13)2)10-20(23)22-11-15-4-6-18-19(9-15)25-8-7-24-18/h3-6,9,12H,7-8,10-11H2,1-2H3,(H,22,23). The van der Waals surface area contributed by atoms with E-state index >= 15 is 0 Å². The van der Waals surface area contributed by atoms with Crippen molar-refractivity contribution < 1.29 is 18.7 Å². The van der Waals surface area contributed by atoms with Crippen molar-refractivity contribution in [1.82, 2.24) is 5.32 Å². The van der Waals surface area contributed by atoms with Crippen LogP contribution in [0.15, 0.2) is 41.0 Å². The lowest BCUT2D eigenvalue weighted by Gasteiger charge is -2.18. The summed E-state index contributed by atoms with van der Waals surface area (Å²) < 4.78 is 16.8. The molecular formula is C21H21NO4. The Morgan fingerprint density at radius 1 is 1.08 bits per heavy atom. The van der Waals surface area contributed by atoms with E-state index in [1.165, 1.54) is 5.56 Å². The predicted octanol–water partition coefficient (Wildman–Crippen LogP) is 3.68. The average molecular weight is 351 g/mol. The molecule has 2 heterocycles. The van der Waals surface area contributed by atoms with Crippen LogP contribution in [0, 0.1) is 13.8 Å². The largest absolute Gasteiger partial charge is 0.486 e. The van der Waals surface area contributed by atoms with Crippen LogP contribution in [0.1, 0.15) is 22.3 Å². The Kier molecular flexibility index (Phi) is 4.29. The molecule has 0 aliphatic carbocycles. The Bertz CT molecular complexity index is 974. The zero-order chi connectivity index (χ0) is 18.1. The van der Waals surface area contributed by atoms with Gasteiger partial charge in [-0.2, -0.15) is 0 Å². The first-order valence-corrected chi connectivity index (χ1v) is 8.73. The Morgan fingerprint density at radius 2 is 1.88 bits per heavy atom. The molecular weight excluding hydrogens is 330 g/mol. The van der Waals surface area contributed by atoms with E-state index in [2.05, 4.69) is 18.3 Å². The predicted molar refractivity (Wildman–Crippen MR) is 98.7 cm³/mol. The molecule has 26 heavy (non-hydrogen) atoms. The Balaban J connectivity index is 1.42. The fourth-order valence-electron chi connectivity index (χ4n) is 3.16. The zero-order valence-corrected chi connectivity index (χ0v) is 14.9. The topological polar surface area (TPSA) is 60.7 Å². The Hall–Kier alpha value is -2.95. The van der Waals surface area contributed by atoms with Crippen LogP contribution in [0.4, 0.5) is 0 Å². The van der Waals surface area contributed by atoms with E-state index in [-0.39, 0.29) is 5.91 Å². The highest BCUT2D eigenvalue weighted by Crippen LogP contribution is 2.31. The third-order valence-electron chi connectivity index (χ3n) is 4.79. The summed E-state index contributed by atoms with van der Waals surface area (Å²) in [6.07, 6.45) is 1.97. The first-order chi connectivity index (χ1) is 12.6. The summed E-state index contributed by atoms with van der Waals surface area (Å²) in [7, 11) is 0. The number of nitrogens with one attached hydrogen (secondary N) is 1. The van der Waals surface area contributed by atoms with Crippen LogP contribution in [-0.2, 0) is 17.8 Å². The van der Waals surface area contributed by atoms with Crippen LogP contribution < -0.4 is 14.8 Å². The van der Waals surface area contributed by atoms with E-state index in [4.69, 9.17) is 13.9 Å². The molecule has 5 nitrogen and oxygen atoms in total. The molecule has 0 fully saturated rings. The van der Waals surface area contributed by atoms with E-state index in [9.17, 15) is 4.79 Å². The van der Waals surface area contributed by atoms with Gasteiger partial charge in [-0.3, -0.25) is 4.79 Å². The molecule has 3 aromatic rings. The van der Waals surface area contributed by atoms with Crippen molar-refractivity contribution in [1.29, 1.82) is 0 Å². The third kappa shape index (κ3) is 3.12. The van der Waals surface area contributed by atoms with E-state index < -0.39 is 0 Å². The molecule has 1 aromatic heterocycles. The lowest BCUT2D eigenvalue weighted by atomic mass is 10.0. The van der Waals surface area contributed by atoms with E-state index in [1.54, 1.807) is 6.26 Å². The molecule has 0 unspecified atom stereocenters. The molecule has 1 aliphatic heterocycles. The molecule has 1 amide bonds. The summed E-state index contributed by atoms with van der Waals surface area (Å²) in [5.74, 6) is 1.44. The number of rotatable bonds is 4. The van der Waals surface area contributed by atoms with Crippen LogP contribution in [0.5, 0.6) is 11.5 Å². The lowest BCUT2D eigenvalue weighted by molar-refractivity contribution is -0.120. The number of ether oxygens (including phenoxy) is 2. The molecule has 0 radical (unpaired) electrons. The van der Waals surface area contributed by atoms with Crippen LogP contribution in [-0.4, -0.2) is 19.1 Å². The molecule has 0 bridgehead atoms. The zero-order valence-electron chi connectivity index (χ0n) is 14.9. The fraction of sp³-hybridized carbons (Fsp3) is 0.286. The molecule has 134 valence electrons. The van der Waals surface area contributed by atoms with Crippen molar-refractivity contribution >= 4 is 16.9 Å². The van der Waals surface area contributed by atoms with E-state index in [1.807, 2.05) is 31.2 Å². The molecule has 2 aromatic carbocycles. The van der Waals surface area contributed by atoms with Crippen LogP contribution >= 0.6 is 0 Å². The van der Waals surface area contributed by atoms with Crippen molar-refractivity contribution in [3.8, 4) is 11.5 Å². The molecule has 0 saturated carbocycles. The molecule has 1 N–H and O–H groups in total. The maximum absolute atomic E-state index is 12.4. The SMILES string of the molecule is Cc1ccc2c(CC(=O)NCc3ccc4c(c3)OCCO4)coc2c1C. The van der Waals surface area contributed by atoms with Gasteiger partial charge in [0.05, 0.1) is 12.7 Å². The van der Waals surface area contributed by atoms with Crippen molar-refractivity contribution in [3.05, 3.63) is 58.8 Å². The van der Waals surface area contributed by atoms with Gasteiger partial charge in [-0.25, -0.2) is 0 Å². The summed E-state index contributed by atoms with van der Waals surface area (Å²) in [6, 6.07) is 9.81. The summed E-state index contributed by atoms with van der Waals surface area (Å²) in [5, 5.41) is 3.96. The molecule has 1 aliphatic rings. The van der Waals surface area contributed by atoms with Gasteiger partial charge in [0.2, 0.25) is 5.91 Å². The number of hydrogen-bond acceptors (Lipinski definition) is 4. The van der Waals surface area contributed by atoms with Gasteiger partial charge in [-0.15, -0.1) is 0 Å². The molecule has 0 saturated heterocycles. The highest BCUT2D eigenvalue weighted by molar-refractivity contribution is 5.89. The number of carbonyl (C=O) groups is 1. The van der Waals surface area contributed by atoms with Crippen LogP contribution in [0.25, 0.3) is 11.0 Å². The van der Waals surface area contributed by atoms with Crippen LogP contribution in [0.2, 0.25) is 0 Å². The quantitative estimate of drug-likeness (QED) is 0.779. The lowest BCUT2D eigenvalue weighted by Crippen LogP contribution is -2.24. The number of carbonyl (C=O) groups excluding carboxylic acids is 1. The number of furan rings is 1. The highest BCUT2D eigenvalue weighted by Gasteiger charge is 2.14. The van der Waals surface area contributed by atoms with Gasteiger partial charge in [-0.05, 0) is 42.7 Å². The van der Waals surface area contributed by atoms with Gasteiger partial charge >= 0.3 is 0 Å². The minimum atomic E-state index is -0.0409. The van der Waals surface area contributed by atoms with Crippen LogP contribution in [0.3, 0.4) is 0 Å². The smallest absolute Gasteiger partial charge is 0.224 e. The van der Waals surface area contributed by atoms with Gasteiger partial charge in [0.1, 0.15) is 18.8 Å². The van der Waals surface area contributed by atoms with Crippen molar-refractivity contribution in [2.75, 3.05) is 13.2 Å². The van der Waals surface area contributed by atoms with Gasteiger partial charge < -0.3 is 19.2 Å². The second-order valence-electron chi connectivity index (χ2n) is 6.58. The third-order valence-corrected chi connectivity index (χ3v) is 4.79. The second kappa shape index (κ2) is 6.75. The second-order valence-corrected chi connectivity index (χ2v) is 6.58. The highest BCUT2D eigenvalue weighted by atomic mass is 16.6. The molecule has 5 heteroatoms. The Morgan fingerprint density at radius 3 is 2.73 bits per heavy atom. The average Bonchev–Trinajstić information content (AvgIpc) is 3.06. The number of aryl methyl sites for hydroxylation is 2. The van der Waals surface area contributed by atoms with Crippen molar-refractivity contribution in [3.63, 3.8) is 0 Å². The summed E-state index contributed by atoms with van der Waals surface area (Å²) >= 11 is 0. The summed E-state index contributed by atoms with van der Waals surface area (Å²) in [4.78, 5) is 12.4. The van der Waals surface area contributed by atoms with E-state index in [0.29, 0.717) is 26.2 Å². The van der Waals surface area contributed by atoms with Gasteiger partial charge in [0.15, 0.2) is 11.5 Å². The number of hydrogen-bond donors (Lipinski definition) is 1. The fourth-order valence-corrected chi connectivity index (χ4v) is 3.16. The first kappa shape index (κ1) is 16.5. The normalized spacial score (nSPS) is 13.0. The minimum Gasteiger partial charge on any atom is -0.486 e. The maximum Gasteiger partial charge on any atom is 0.224 e. The molecule has 0 atom stereocenters. The Labute approximate surface area is 151 Å². The maximum atomic E-state index is 12.4. The summed E-state index contributed by atoms with van der Waals surface area (Å²) in [6.45, 7) is 5.66. The first-order valence-electron chi connectivity index (χ1n) is 8.73. The molecule has 0 spiro atoms. The van der Waals surface area contributed by atoms with Gasteiger partial charge in [0.25, 0.3) is 0 Å². The van der Waals surface area contributed by atoms with E-state index in [0.717, 1.165) is 39.2 Å². The number of amides is 1. The van der Waals surface area contributed by atoms with Crippen molar-refractivity contribution in [2.45, 2.75) is 26.8 Å². The number of fused-ring (bicyclic) bond motifs is 2. The monoisotopic (exact) mass is 351 g/mol. The van der Waals surface area contributed by atoms with Crippen molar-refractivity contribution in [2.24, 2.45) is 0 Å². The summed E-state index contributed by atoms with van der Waals surface area (Å²) in [5.41, 5.74) is 5.04. The molecule has 4 rings (SSSR count). The van der Waals surface area contributed by atoms with Gasteiger partial charge in [0, 0.05) is 17.5 Å². The minimum absolute atomic E-state index is 0.0409. The number of benzene rings is 2.